The van der Waals surface area contributed by atoms with E-state index in [1.54, 1.807) is 22.2 Å². The van der Waals surface area contributed by atoms with E-state index in [-0.39, 0.29) is 17.5 Å². The highest BCUT2D eigenvalue weighted by Crippen LogP contribution is 2.38. The molecule has 34 heavy (non-hydrogen) atoms. The van der Waals surface area contributed by atoms with Crippen LogP contribution in [0.4, 0.5) is 0 Å². The van der Waals surface area contributed by atoms with Gasteiger partial charge in [0.15, 0.2) is 11.5 Å². The lowest BCUT2D eigenvalue weighted by atomic mass is 9.97. The maximum Gasteiger partial charge on any atom is 0.262 e. The molecule has 8 heteroatoms. The van der Waals surface area contributed by atoms with Gasteiger partial charge in [0.2, 0.25) is 5.91 Å². The van der Waals surface area contributed by atoms with Crippen molar-refractivity contribution in [2.24, 2.45) is 0 Å². The van der Waals surface area contributed by atoms with Crippen molar-refractivity contribution in [3.8, 4) is 11.5 Å². The highest BCUT2D eigenvalue weighted by Gasteiger charge is 2.30. The van der Waals surface area contributed by atoms with Crippen LogP contribution in [0.15, 0.2) is 29.3 Å². The molecule has 1 amide bonds. The van der Waals surface area contributed by atoms with Crippen LogP contribution in [-0.2, 0) is 24.2 Å². The second-order valence-electron chi connectivity index (χ2n) is 9.39. The summed E-state index contributed by atoms with van der Waals surface area (Å²) in [5.74, 6) is 1.61. The zero-order valence-corrected chi connectivity index (χ0v) is 20.1. The normalized spacial score (nSPS) is 19.8. The minimum absolute atomic E-state index is 0.00178. The number of rotatable bonds is 4. The van der Waals surface area contributed by atoms with Gasteiger partial charge in [0.1, 0.15) is 4.83 Å². The van der Waals surface area contributed by atoms with Crippen molar-refractivity contribution in [1.29, 1.82) is 0 Å². The molecule has 4 heterocycles. The summed E-state index contributed by atoms with van der Waals surface area (Å²) in [5.41, 5.74) is 2.27. The number of likely N-dealkylation sites (tertiary alicyclic amines) is 1. The van der Waals surface area contributed by atoms with Gasteiger partial charge in [-0.15, -0.1) is 11.3 Å². The van der Waals surface area contributed by atoms with Gasteiger partial charge in [-0.1, -0.05) is 6.07 Å². The van der Waals surface area contributed by atoms with Crippen molar-refractivity contribution in [1.82, 2.24) is 14.5 Å². The van der Waals surface area contributed by atoms with Crippen LogP contribution in [-0.4, -0.2) is 40.1 Å². The summed E-state index contributed by atoms with van der Waals surface area (Å²) in [7, 11) is 0. The molecule has 0 N–H and O–H groups in total. The first-order valence-corrected chi connectivity index (χ1v) is 13.2. The number of fused-ring (bicyclic) bond motifs is 4. The van der Waals surface area contributed by atoms with Crippen molar-refractivity contribution in [2.45, 2.75) is 64.0 Å². The fraction of sp³-hybridized carbons (Fsp3) is 0.500. The molecule has 3 aromatic rings. The monoisotopic (exact) mass is 479 g/mol. The largest absolute Gasteiger partial charge is 0.490 e. The van der Waals surface area contributed by atoms with Gasteiger partial charge in [-0.05, 0) is 61.8 Å². The Bertz CT molecular complexity index is 1300. The molecule has 2 aliphatic heterocycles. The second kappa shape index (κ2) is 9.06. The lowest BCUT2D eigenvalue weighted by Crippen LogP contribution is -2.32. The van der Waals surface area contributed by atoms with E-state index < -0.39 is 0 Å². The number of amides is 1. The van der Waals surface area contributed by atoms with Crippen LogP contribution in [0.3, 0.4) is 0 Å². The first-order chi connectivity index (χ1) is 16.7. The molecule has 1 aliphatic carbocycles. The number of hydrogen-bond acceptors (Lipinski definition) is 6. The van der Waals surface area contributed by atoms with Crippen LogP contribution in [0.5, 0.6) is 11.5 Å². The Kier molecular flexibility index (Phi) is 5.77. The number of aromatic nitrogens is 2. The molecule has 6 rings (SSSR count). The first kappa shape index (κ1) is 21.6. The maximum atomic E-state index is 13.2. The molecule has 3 aliphatic rings. The quantitative estimate of drug-likeness (QED) is 0.559. The number of benzene rings is 1. The maximum absolute atomic E-state index is 13.2. The van der Waals surface area contributed by atoms with Crippen molar-refractivity contribution in [3.05, 3.63) is 50.9 Å². The van der Waals surface area contributed by atoms with E-state index >= 15 is 0 Å². The highest BCUT2D eigenvalue weighted by molar-refractivity contribution is 7.18. The van der Waals surface area contributed by atoms with Crippen molar-refractivity contribution < 1.29 is 14.3 Å². The molecule has 1 atom stereocenters. The summed E-state index contributed by atoms with van der Waals surface area (Å²) in [6, 6.07) is 6.06. The lowest BCUT2D eigenvalue weighted by Gasteiger charge is -2.26. The predicted octanol–water partition coefficient (Wildman–Crippen LogP) is 4.25. The van der Waals surface area contributed by atoms with Gasteiger partial charge in [0.25, 0.3) is 5.56 Å². The Morgan fingerprint density at radius 2 is 1.94 bits per heavy atom. The zero-order chi connectivity index (χ0) is 23.1. The molecular formula is C26H29N3O4S. The summed E-state index contributed by atoms with van der Waals surface area (Å²) in [4.78, 5) is 35.1. The number of aryl methyl sites for hydroxylation is 3. The molecule has 0 spiro atoms. The third-order valence-corrected chi connectivity index (χ3v) is 8.44. The molecule has 0 bridgehead atoms. The summed E-state index contributed by atoms with van der Waals surface area (Å²) in [5, 5.41) is 0.779. The van der Waals surface area contributed by atoms with E-state index in [2.05, 4.69) is 4.98 Å². The van der Waals surface area contributed by atoms with Gasteiger partial charge < -0.3 is 14.4 Å². The molecule has 1 fully saturated rings. The van der Waals surface area contributed by atoms with Crippen LogP contribution in [0.1, 0.15) is 60.6 Å². The van der Waals surface area contributed by atoms with E-state index in [9.17, 15) is 9.59 Å². The molecule has 7 nitrogen and oxygen atoms in total. The van der Waals surface area contributed by atoms with Crippen LogP contribution in [0.25, 0.3) is 10.2 Å². The lowest BCUT2D eigenvalue weighted by molar-refractivity contribution is -0.132. The molecule has 2 aromatic heterocycles. The van der Waals surface area contributed by atoms with E-state index in [0.29, 0.717) is 26.2 Å². The van der Waals surface area contributed by atoms with Gasteiger partial charge in [-0.3, -0.25) is 14.2 Å². The zero-order valence-electron chi connectivity index (χ0n) is 19.3. The van der Waals surface area contributed by atoms with Crippen LogP contribution < -0.4 is 15.0 Å². The van der Waals surface area contributed by atoms with E-state index in [1.165, 1.54) is 16.9 Å². The van der Waals surface area contributed by atoms with Gasteiger partial charge in [-0.25, -0.2) is 4.98 Å². The molecular weight excluding hydrogens is 450 g/mol. The predicted molar refractivity (Wildman–Crippen MR) is 131 cm³/mol. The SMILES string of the molecule is O=C(CCn1cnc2sc3c(c2c1=O)CCCC3)N1CCCC1c1ccc2c(c1)OCCCO2. The molecule has 0 saturated carbocycles. The third-order valence-electron chi connectivity index (χ3n) is 7.24. The van der Waals surface area contributed by atoms with Crippen molar-refractivity contribution in [3.63, 3.8) is 0 Å². The Hall–Kier alpha value is -2.87. The smallest absolute Gasteiger partial charge is 0.262 e. The van der Waals surface area contributed by atoms with Crippen molar-refractivity contribution in [2.75, 3.05) is 19.8 Å². The number of nitrogens with zero attached hydrogens (tertiary/aromatic N) is 3. The second-order valence-corrected chi connectivity index (χ2v) is 10.5. The van der Waals surface area contributed by atoms with Gasteiger partial charge in [0, 0.05) is 30.8 Å². The Balaban J connectivity index is 1.19. The number of hydrogen-bond donors (Lipinski definition) is 0. The summed E-state index contributed by atoms with van der Waals surface area (Å²) in [6.45, 7) is 2.40. The number of ether oxygens (including phenoxy) is 2. The minimum Gasteiger partial charge on any atom is -0.490 e. The summed E-state index contributed by atoms with van der Waals surface area (Å²) >= 11 is 1.66. The van der Waals surface area contributed by atoms with Crippen LogP contribution >= 0.6 is 11.3 Å². The third kappa shape index (κ3) is 3.87. The topological polar surface area (TPSA) is 73.7 Å². The molecule has 178 valence electrons. The molecule has 1 saturated heterocycles. The molecule has 0 radical (unpaired) electrons. The fourth-order valence-corrected chi connectivity index (χ4v) is 6.72. The Labute approximate surface area is 202 Å². The Morgan fingerprint density at radius 1 is 1.09 bits per heavy atom. The standard InChI is InChI=1S/C26H29N3O4S/c30-23(10-12-28-16-27-25-24(26(28)31)18-5-1-2-7-22(18)34-25)29-11-3-6-19(29)17-8-9-20-21(15-17)33-14-4-13-32-20/h8-9,15-16,19H,1-7,10-14H2. The first-order valence-electron chi connectivity index (χ1n) is 12.4. The summed E-state index contributed by atoms with van der Waals surface area (Å²) < 4.78 is 13.2. The number of thiophene rings is 1. The van der Waals surface area contributed by atoms with E-state index in [1.807, 2.05) is 23.1 Å². The van der Waals surface area contributed by atoms with Crippen LogP contribution in [0, 0.1) is 0 Å². The van der Waals surface area contributed by atoms with Gasteiger partial charge >= 0.3 is 0 Å². The van der Waals surface area contributed by atoms with E-state index in [0.717, 1.165) is 72.3 Å². The fourth-order valence-electron chi connectivity index (χ4n) is 5.50. The number of carbonyl (C=O) groups excluding carboxylic acids is 1. The van der Waals surface area contributed by atoms with Gasteiger partial charge in [0.05, 0.1) is 31.0 Å². The van der Waals surface area contributed by atoms with Gasteiger partial charge in [-0.2, -0.15) is 0 Å². The molecule has 1 aromatic carbocycles. The van der Waals surface area contributed by atoms with Crippen LogP contribution in [0.2, 0.25) is 0 Å². The minimum atomic E-state index is -0.00178. The number of carbonyl (C=O) groups is 1. The highest BCUT2D eigenvalue weighted by atomic mass is 32.1. The summed E-state index contributed by atoms with van der Waals surface area (Å²) in [6.07, 6.45) is 8.99. The average molecular weight is 480 g/mol. The average Bonchev–Trinajstić information content (AvgIpc) is 3.42. The van der Waals surface area contributed by atoms with E-state index in [4.69, 9.17) is 9.47 Å². The molecule has 1 unspecified atom stereocenters. The van der Waals surface area contributed by atoms with Crippen molar-refractivity contribution >= 4 is 27.5 Å². The Morgan fingerprint density at radius 3 is 2.85 bits per heavy atom.